The van der Waals surface area contributed by atoms with Gasteiger partial charge in [0.15, 0.2) is 0 Å². The van der Waals surface area contributed by atoms with Crippen molar-refractivity contribution in [3.8, 4) is 0 Å². The average molecular weight is 355 g/mol. The molecule has 2 N–H and O–H groups in total. The van der Waals surface area contributed by atoms with Crippen LogP contribution in [0.25, 0.3) is 0 Å². The van der Waals surface area contributed by atoms with Crippen molar-refractivity contribution in [1.82, 2.24) is 15.2 Å². The molecule has 1 fully saturated rings. The summed E-state index contributed by atoms with van der Waals surface area (Å²) in [5.74, 6) is 0.569. The van der Waals surface area contributed by atoms with Gasteiger partial charge in [0.05, 0.1) is 5.56 Å². The second kappa shape index (κ2) is 7.75. The van der Waals surface area contributed by atoms with Gasteiger partial charge in [-0.1, -0.05) is 6.92 Å². The Morgan fingerprint density at radius 3 is 2.90 bits per heavy atom. The van der Waals surface area contributed by atoms with Crippen molar-refractivity contribution in [3.63, 3.8) is 0 Å². The van der Waals surface area contributed by atoms with Crippen LogP contribution in [-0.4, -0.2) is 48.5 Å². The van der Waals surface area contributed by atoms with Crippen LogP contribution in [0, 0.1) is 0 Å². The van der Waals surface area contributed by atoms with E-state index in [4.69, 9.17) is 0 Å². The zero-order valence-electron chi connectivity index (χ0n) is 12.7. The Balaban J connectivity index is 1.91. The number of carbonyl (C=O) groups is 1. The maximum atomic E-state index is 12.3. The van der Waals surface area contributed by atoms with Crippen molar-refractivity contribution >= 4 is 27.7 Å². The van der Waals surface area contributed by atoms with E-state index >= 15 is 0 Å². The van der Waals surface area contributed by atoms with Gasteiger partial charge in [0, 0.05) is 36.3 Å². The van der Waals surface area contributed by atoms with Crippen LogP contribution in [0.4, 0.5) is 5.82 Å². The highest BCUT2D eigenvalue weighted by Crippen LogP contribution is 2.24. The molecule has 0 aliphatic heterocycles. The Hall–Kier alpha value is -1.14. The summed E-state index contributed by atoms with van der Waals surface area (Å²) in [6, 6.07) is 2.53. The van der Waals surface area contributed by atoms with E-state index in [1.165, 1.54) is 12.8 Å². The third kappa shape index (κ3) is 4.97. The van der Waals surface area contributed by atoms with Crippen LogP contribution in [0.5, 0.6) is 0 Å². The van der Waals surface area contributed by atoms with Crippen molar-refractivity contribution < 1.29 is 4.79 Å². The molecule has 5 nitrogen and oxygen atoms in total. The minimum absolute atomic E-state index is 0.0772. The number of likely N-dealkylation sites (N-methyl/N-ethyl adjacent to an activating group) is 1. The van der Waals surface area contributed by atoms with Crippen LogP contribution in [0.15, 0.2) is 16.7 Å². The molecule has 0 unspecified atom stereocenters. The minimum atomic E-state index is -0.0772. The van der Waals surface area contributed by atoms with Crippen LogP contribution >= 0.6 is 15.9 Å². The molecule has 0 atom stereocenters. The third-order valence-corrected chi connectivity index (χ3v) is 4.00. The smallest absolute Gasteiger partial charge is 0.255 e. The lowest BCUT2D eigenvalue weighted by molar-refractivity contribution is 0.0950. The van der Waals surface area contributed by atoms with Gasteiger partial charge in [0.2, 0.25) is 0 Å². The molecule has 1 heterocycles. The van der Waals surface area contributed by atoms with Gasteiger partial charge in [-0.25, -0.2) is 4.98 Å². The Bertz CT molecular complexity index is 491. The lowest BCUT2D eigenvalue weighted by Crippen LogP contribution is -2.34. The number of hydrogen-bond acceptors (Lipinski definition) is 4. The Morgan fingerprint density at radius 1 is 1.48 bits per heavy atom. The molecule has 1 aromatic heterocycles. The number of rotatable bonds is 8. The first kappa shape index (κ1) is 16.2. The zero-order valence-corrected chi connectivity index (χ0v) is 14.2. The molecule has 6 heteroatoms. The molecule has 1 amide bonds. The Kier molecular flexibility index (Phi) is 5.99. The fourth-order valence-electron chi connectivity index (χ4n) is 2.14. The molecule has 0 spiro atoms. The first-order valence-corrected chi connectivity index (χ1v) is 8.29. The van der Waals surface area contributed by atoms with E-state index in [0.29, 0.717) is 17.9 Å². The number of nitrogens with one attached hydrogen (secondary N) is 2. The first-order valence-electron chi connectivity index (χ1n) is 7.49. The van der Waals surface area contributed by atoms with E-state index in [1.54, 1.807) is 6.20 Å². The van der Waals surface area contributed by atoms with Crippen LogP contribution in [0.3, 0.4) is 0 Å². The normalized spacial score (nSPS) is 14.3. The van der Waals surface area contributed by atoms with E-state index < -0.39 is 0 Å². The van der Waals surface area contributed by atoms with Crippen LogP contribution in [-0.2, 0) is 0 Å². The minimum Gasteiger partial charge on any atom is -0.369 e. The lowest BCUT2D eigenvalue weighted by Gasteiger charge is -2.16. The molecule has 1 aliphatic rings. The summed E-state index contributed by atoms with van der Waals surface area (Å²) in [7, 11) is 2.11. The monoisotopic (exact) mass is 354 g/mol. The second-order valence-electron chi connectivity index (χ2n) is 5.44. The fourth-order valence-corrected chi connectivity index (χ4v) is 2.47. The molecule has 0 saturated heterocycles. The number of hydrogen-bond donors (Lipinski definition) is 2. The summed E-state index contributed by atoms with van der Waals surface area (Å²) in [6.07, 6.45) is 5.26. The van der Waals surface area contributed by atoms with Crippen molar-refractivity contribution in [2.75, 3.05) is 32.0 Å². The van der Waals surface area contributed by atoms with Crippen LogP contribution in [0.1, 0.15) is 36.5 Å². The van der Waals surface area contributed by atoms with E-state index in [0.717, 1.165) is 30.0 Å². The molecule has 0 radical (unpaired) electrons. The van der Waals surface area contributed by atoms with Crippen molar-refractivity contribution in [1.29, 1.82) is 0 Å². The molecular formula is C15H23BrN4O. The number of amides is 1. The number of anilines is 1. The van der Waals surface area contributed by atoms with E-state index in [9.17, 15) is 4.79 Å². The van der Waals surface area contributed by atoms with Gasteiger partial charge >= 0.3 is 0 Å². The van der Waals surface area contributed by atoms with Crippen molar-refractivity contribution in [2.24, 2.45) is 0 Å². The van der Waals surface area contributed by atoms with E-state index in [-0.39, 0.29) is 5.91 Å². The van der Waals surface area contributed by atoms with Gasteiger partial charge in [-0.3, -0.25) is 4.79 Å². The van der Waals surface area contributed by atoms with Gasteiger partial charge in [-0.05, 0) is 48.3 Å². The second-order valence-corrected chi connectivity index (χ2v) is 6.36. The summed E-state index contributed by atoms with van der Waals surface area (Å²) in [5.41, 5.74) is 0.590. The molecule has 0 bridgehead atoms. The van der Waals surface area contributed by atoms with Gasteiger partial charge < -0.3 is 15.5 Å². The highest BCUT2D eigenvalue weighted by molar-refractivity contribution is 9.10. The van der Waals surface area contributed by atoms with Crippen LogP contribution < -0.4 is 10.6 Å². The first-order chi connectivity index (χ1) is 10.1. The molecule has 0 aromatic carbocycles. The van der Waals surface area contributed by atoms with Crippen LogP contribution in [0.2, 0.25) is 0 Å². The highest BCUT2D eigenvalue weighted by atomic mass is 79.9. The number of nitrogens with zero attached hydrogens (tertiary/aromatic N) is 2. The SMILES string of the molecule is CCCNc1ncc(Br)cc1C(=O)NCCN(C)C1CC1. The predicted octanol–water partition coefficient (Wildman–Crippen LogP) is 2.49. The van der Waals surface area contributed by atoms with Crippen molar-refractivity contribution in [3.05, 3.63) is 22.3 Å². The molecule has 116 valence electrons. The molecule has 1 saturated carbocycles. The molecule has 1 aliphatic carbocycles. The molecule has 2 rings (SSSR count). The van der Waals surface area contributed by atoms with Gasteiger partial charge in [0.25, 0.3) is 5.91 Å². The fraction of sp³-hybridized carbons (Fsp3) is 0.600. The topological polar surface area (TPSA) is 57.3 Å². The summed E-state index contributed by atoms with van der Waals surface area (Å²) in [6.45, 7) is 4.43. The maximum Gasteiger partial charge on any atom is 0.255 e. The molecule has 1 aromatic rings. The van der Waals surface area contributed by atoms with Crippen molar-refractivity contribution in [2.45, 2.75) is 32.2 Å². The molecular weight excluding hydrogens is 332 g/mol. The zero-order chi connectivity index (χ0) is 15.2. The van der Waals surface area contributed by atoms with Gasteiger partial charge in [-0.15, -0.1) is 0 Å². The summed E-state index contributed by atoms with van der Waals surface area (Å²) >= 11 is 3.37. The summed E-state index contributed by atoms with van der Waals surface area (Å²) < 4.78 is 0.810. The maximum absolute atomic E-state index is 12.3. The number of aromatic nitrogens is 1. The average Bonchev–Trinajstić information content (AvgIpc) is 3.30. The van der Waals surface area contributed by atoms with E-state index in [1.807, 2.05) is 6.07 Å². The Labute approximate surface area is 134 Å². The quantitative estimate of drug-likeness (QED) is 0.752. The summed E-state index contributed by atoms with van der Waals surface area (Å²) in [5, 5.41) is 6.17. The highest BCUT2D eigenvalue weighted by Gasteiger charge is 2.25. The largest absolute Gasteiger partial charge is 0.369 e. The summed E-state index contributed by atoms with van der Waals surface area (Å²) in [4.78, 5) is 18.9. The van der Waals surface area contributed by atoms with E-state index in [2.05, 4.69) is 50.4 Å². The number of carbonyl (C=O) groups excluding carboxylic acids is 1. The third-order valence-electron chi connectivity index (χ3n) is 3.56. The lowest BCUT2D eigenvalue weighted by atomic mass is 10.2. The predicted molar refractivity (Wildman–Crippen MR) is 88.7 cm³/mol. The Morgan fingerprint density at radius 2 is 2.24 bits per heavy atom. The molecule has 21 heavy (non-hydrogen) atoms. The number of halogens is 1. The van der Waals surface area contributed by atoms with Gasteiger partial charge in [-0.2, -0.15) is 0 Å². The number of pyridine rings is 1. The standard InChI is InChI=1S/C15H23BrN4O/c1-3-6-17-14-13(9-11(16)10-19-14)15(21)18-7-8-20(2)12-4-5-12/h9-10,12H,3-8H2,1-2H3,(H,17,19)(H,18,21). The van der Waals surface area contributed by atoms with Gasteiger partial charge in [0.1, 0.15) is 5.82 Å².